The summed E-state index contributed by atoms with van der Waals surface area (Å²) in [6, 6.07) is 8.98. The van der Waals surface area contributed by atoms with E-state index in [1.54, 1.807) is 5.56 Å². The first-order valence-corrected chi connectivity index (χ1v) is 8.76. The van der Waals surface area contributed by atoms with E-state index >= 15 is 0 Å². The van der Waals surface area contributed by atoms with Crippen LogP contribution >= 0.6 is 0 Å². The van der Waals surface area contributed by atoms with Gasteiger partial charge in [-0.15, -0.1) is 0 Å². The van der Waals surface area contributed by atoms with Crippen LogP contribution < -0.4 is 0 Å². The van der Waals surface area contributed by atoms with Crippen molar-refractivity contribution in [2.75, 3.05) is 19.6 Å². The highest BCUT2D eigenvalue weighted by Gasteiger charge is 2.36. The maximum atomic E-state index is 2.74. The second-order valence-corrected chi connectivity index (χ2v) is 7.47. The molecule has 1 aromatic rings. The molecule has 3 unspecified atom stereocenters. The van der Waals surface area contributed by atoms with Gasteiger partial charge in [-0.1, -0.05) is 36.4 Å². The fourth-order valence-corrected chi connectivity index (χ4v) is 4.91. The molecule has 1 saturated heterocycles. The van der Waals surface area contributed by atoms with E-state index in [9.17, 15) is 0 Å². The van der Waals surface area contributed by atoms with Crippen LogP contribution in [0.15, 0.2) is 36.4 Å². The van der Waals surface area contributed by atoms with Crippen LogP contribution in [0.2, 0.25) is 0 Å². The van der Waals surface area contributed by atoms with Crippen LogP contribution in [0.3, 0.4) is 0 Å². The zero-order chi connectivity index (χ0) is 14.2. The Balaban J connectivity index is 1.33. The van der Waals surface area contributed by atoms with Gasteiger partial charge in [0.1, 0.15) is 0 Å². The monoisotopic (exact) mass is 281 g/mol. The summed E-state index contributed by atoms with van der Waals surface area (Å²) in [7, 11) is 0. The van der Waals surface area contributed by atoms with Crippen molar-refractivity contribution >= 4 is 0 Å². The molecular formula is C20H27N. The highest BCUT2D eigenvalue weighted by molar-refractivity contribution is 5.29. The first-order chi connectivity index (χ1) is 10.3. The molecular weight excluding hydrogens is 254 g/mol. The Labute approximate surface area is 129 Å². The fraction of sp³-hybridized carbons (Fsp3) is 0.600. The van der Waals surface area contributed by atoms with Crippen LogP contribution in [-0.4, -0.2) is 24.5 Å². The molecule has 2 fully saturated rings. The minimum absolute atomic E-state index is 0.794. The van der Waals surface area contributed by atoms with Crippen LogP contribution in [0.5, 0.6) is 0 Å². The number of allylic oxidation sites excluding steroid dienone is 2. The molecule has 1 aliphatic heterocycles. The number of nitrogens with zero attached hydrogens (tertiary/aromatic N) is 1. The lowest BCUT2D eigenvalue weighted by molar-refractivity contribution is 0.172. The molecule has 1 heterocycles. The summed E-state index contributed by atoms with van der Waals surface area (Å²) < 4.78 is 0. The van der Waals surface area contributed by atoms with Crippen molar-refractivity contribution in [2.24, 2.45) is 17.8 Å². The number of aryl methyl sites for hydroxylation is 1. The highest BCUT2D eigenvalue weighted by Crippen LogP contribution is 2.44. The van der Waals surface area contributed by atoms with Gasteiger partial charge in [0.2, 0.25) is 0 Å². The molecule has 21 heavy (non-hydrogen) atoms. The number of benzene rings is 1. The van der Waals surface area contributed by atoms with E-state index in [1.165, 1.54) is 50.9 Å². The van der Waals surface area contributed by atoms with Crippen molar-refractivity contribution in [3.8, 4) is 0 Å². The van der Waals surface area contributed by atoms with Crippen molar-refractivity contribution in [3.63, 3.8) is 0 Å². The molecule has 0 radical (unpaired) electrons. The molecule has 0 aromatic heterocycles. The minimum atomic E-state index is 0.794. The largest absolute Gasteiger partial charge is 0.303 e. The normalized spacial score (nSPS) is 32.9. The fourth-order valence-electron chi connectivity index (χ4n) is 4.91. The van der Waals surface area contributed by atoms with Crippen molar-refractivity contribution < 1.29 is 0 Å². The molecule has 1 heteroatoms. The van der Waals surface area contributed by atoms with Gasteiger partial charge in [-0.05, 0) is 80.5 Å². The molecule has 0 N–H and O–H groups in total. The third-order valence-corrected chi connectivity index (χ3v) is 6.12. The molecule has 3 aliphatic rings. The summed E-state index contributed by atoms with van der Waals surface area (Å²) in [5.74, 6) is 3.57. The maximum Gasteiger partial charge on any atom is 0.00155 e. The standard InChI is InChI=1S/C20H27N/c1-15-4-2-3-5-20(15)17-8-10-21(11-9-17)14-19-13-16-6-7-18(19)12-16/h2-7,16-19H,8-14H2,1H3. The van der Waals surface area contributed by atoms with Crippen LogP contribution in [-0.2, 0) is 0 Å². The maximum absolute atomic E-state index is 2.74. The lowest BCUT2D eigenvalue weighted by Crippen LogP contribution is -2.37. The Bertz CT molecular complexity index is 524. The lowest BCUT2D eigenvalue weighted by Gasteiger charge is -2.35. The Morgan fingerprint density at radius 3 is 2.52 bits per heavy atom. The Morgan fingerprint density at radius 1 is 1.05 bits per heavy atom. The van der Waals surface area contributed by atoms with Crippen molar-refractivity contribution in [3.05, 3.63) is 47.5 Å². The predicted octanol–water partition coefficient (Wildman–Crippen LogP) is 4.39. The molecule has 0 amide bonds. The summed E-state index contributed by atoms with van der Waals surface area (Å²) in [4.78, 5) is 2.74. The van der Waals surface area contributed by atoms with Crippen molar-refractivity contribution in [1.29, 1.82) is 0 Å². The summed E-state index contributed by atoms with van der Waals surface area (Å²) in [5, 5.41) is 0. The third kappa shape index (κ3) is 2.68. The van der Waals surface area contributed by atoms with Crippen molar-refractivity contribution in [1.82, 2.24) is 4.90 Å². The number of hydrogen-bond donors (Lipinski definition) is 0. The number of rotatable bonds is 3. The summed E-state index contributed by atoms with van der Waals surface area (Å²) in [5.41, 5.74) is 3.08. The Kier molecular flexibility index (Phi) is 3.62. The molecule has 2 bridgehead atoms. The Hall–Kier alpha value is -1.08. The molecule has 4 rings (SSSR count). The molecule has 2 aliphatic carbocycles. The smallest absolute Gasteiger partial charge is 0.00155 e. The van der Waals surface area contributed by atoms with Gasteiger partial charge < -0.3 is 4.90 Å². The van der Waals surface area contributed by atoms with E-state index in [4.69, 9.17) is 0 Å². The zero-order valence-electron chi connectivity index (χ0n) is 13.2. The molecule has 1 nitrogen and oxygen atoms in total. The number of piperidine rings is 1. The van der Waals surface area contributed by atoms with Gasteiger partial charge in [-0.2, -0.15) is 0 Å². The molecule has 1 aromatic carbocycles. The quantitative estimate of drug-likeness (QED) is 0.743. The second kappa shape index (κ2) is 5.61. The zero-order valence-corrected chi connectivity index (χ0v) is 13.2. The first kappa shape index (κ1) is 13.6. The summed E-state index contributed by atoms with van der Waals surface area (Å²) in [6.45, 7) is 6.22. The van der Waals surface area contributed by atoms with Gasteiger partial charge in [-0.3, -0.25) is 0 Å². The van der Waals surface area contributed by atoms with Gasteiger partial charge in [0, 0.05) is 6.54 Å². The van der Waals surface area contributed by atoms with E-state index in [-0.39, 0.29) is 0 Å². The summed E-state index contributed by atoms with van der Waals surface area (Å²) in [6.07, 6.45) is 10.6. The van der Waals surface area contributed by atoms with Gasteiger partial charge in [0.05, 0.1) is 0 Å². The van der Waals surface area contributed by atoms with Crippen LogP contribution in [0.4, 0.5) is 0 Å². The lowest BCUT2D eigenvalue weighted by atomic mass is 9.86. The average molecular weight is 281 g/mol. The third-order valence-electron chi connectivity index (χ3n) is 6.12. The topological polar surface area (TPSA) is 3.24 Å². The molecule has 0 spiro atoms. The van der Waals surface area contributed by atoms with E-state index < -0.39 is 0 Å². The SMILES string of the molecule is Cc1ccccc1C1CCN(CC2CC3C=CC2C3)CC1. The van der Waals surface area contributed by atoms with Gasteiger partial charge in [0.15, 0.2) is 0 Å². The van der Waals surface area contributed by atoms with Gasteiger partial charge in [-0.25, -0.2) is 0 Å². The van der Waals surface area contributed by atoms with E-state index in [0.29, 0.717) is 0 Å². The Morgan fingerprint density at radius 2 is 1.86 bits per heavy atom. The van der Waals surface area contributed by atoms with Crippen LogP contribution in [0.1, 0.15) is 42.7 Å². The summed E-state index contributed by atoms with van der Waals surface area (Å²) >= 11 is 0. The van der Waals surface area contributed by atoms with E-state index in [1.807, 2.05) is 0 Å². The van der Waals surface area contributed by atoms with Gasteiger partial charge in [0.25, 0.3) is 0 Å². The highest BCUT2D eigenvalue weighted by atomic mass is 15.1. The van der Waals surface area contributed by atoms with Crippen LogP contribution in [0, 0.1) is 24.7 Å². The molecule has 112 valence electrons. The predicted molar refractivity (Wildman–Crippen MR) is 88.4 cm³/mol. The number of hydrogen-bond acceptors (Lipinski definition) is 1. The van der Waals surface area contributed by atoms with Gasteiger partial charge >= 0.3 is 0 Å². The minimum Gasteiger partial charge on any atom is -0.303 e. The molecule has 3 atom stereocenters. The number of fused-ring (bicyclic) bond motifs is 2. The number of likely N-dealkylation sites (tertiary alicyclic amines) is 1. The first-order valence-electron chi connectivity index (χ1n) is 8.76. The van der Waals surface area contributed by atoms with Crippen LogP contribution in [0.25, 0.3) is 0 Å². The van der Waals surface area contributed by atoms with E-state index in [0.717, 1.165) is 23.7 Å². The van der Waals surface area contributed by atoms with E-state index in [2.05, 4.69) is 48.2 Å². The van der Waals surface area contributed by atoms with Crippen molar-refractivity contribution in [2.45, 2.75) is 38.5 Å². The second-order valence-electron chi connectivity index (χ2n) is 7.47. The molecule has 1 saturated carbocycles. The average Bonchev–Trinajstić information content (AvgIpc) is 3.11.